The van der Waals surface area contributed by atoms with Gasteiger partial charge in [-0.25, -0.2) is 5.48 Å². The van der Waals surface area contributed by atoms with Gasteiger partial charge in [0.05, 0.1) is 0 Å². The number of hydrogen-bond acceptors (Lipinski definition) is 4. The van der Waals surface area contributed by atoms with E-state index in [1.807, 2.05) is 24.3 Å². The normalized spacial score (nSPS) is 10.9. The summed E-state index contributed by atoms with van der Waals surface area (Å²) in [5, 5.41) is 8.52. The van der Waals surface area contributed by atoms with Crippen molar-refractivity contribution in [1.29, 1.82) is 0 Å². The van der Waals surface area contributed by atoms with Gasteiger partial charge in [0.2, 0.25) is 0 Å². The minimum atomic E-state index is -0.202. The molecule has 0 heterocycles. The smallest absolute Gasteiger partial charge is 0.160 e. The fraction of sp³-hybridized carbons (Fsp3) is 0.455. The molecule has 0 fully saturated rings. The molecule has 4 nitrogen and oxygen atoms in total. The third-order valence-electron chi connectivity index (χ3n) is 2.23. The maximum Gasteiger partial charge on any atom is 0.160 e. The van der Waals surface area contributed by atoms with Crippen LogP contribution in [0.2, 0.25) is 0 Å². The second-order valence-corrected chi connectivity index (χ2v) is 3.26. The predicted octanol–water partition coefficient (Wildman–Crippen LogP) is 1.33. The van der Waals surface area contributed by atoms with E-state index in [4.69, 9.17) is 14.7 Å². The van der Waals surface area contributed by atoms with Crippen molar-refractivity contribution in [2.75, 3.05) is 14.2 Å². The first-order valence-electron chi connectivity index (χ1n) is 4.80. The monoisotopic (exact) mass is 211 g/mol. The Morgan fingerprint density at radius 1 is 1.13 bits per heavy atom. The van der Waals surface area contributed by atoms with Gasteiger partial charge in [0.15, 0.2) is 6.29 Å². The lowest BCUT2D eigenvalue weighted by molar-refractivity contribution is -0.100. The highest BCUT2D eigenvalue weighted by Crippen LogP contribution is 2.08. The molecule has 2 N–H and O–H groups in total. The summed E-state index contributed by atoms with van der Waals surface area (Å²) in [4.78, 5) is 0. The number of rotatable bonds is 6. The van der Waals surface area contributed by atoms with Crippen LogP contribution in [0.25, 0.3) is 0 Å². The van der Waals surface area contributed by atoms with Crippen molar-refractivity contribution in [2.24, 2.45) is 0 Å². The second-order valence-electron chi connectivity index (χ2n) is 3.26. The molecule has 4 heteroatoms. The van der Waals surface area contributed by atoms with Gasteiger partial charge in [-0.15, -0.1) is 0 Å². The van der Waals surface area contributed by atoms with Crippen LogP contribution in [0.1, 0.15) is 11.1 Å². The summed E-state index contributed by atoms with van der Waals surface area (Å²) in [5.74, 6) is 0. The van der Waals surface area contributed by atoms with Crippen molar-refractivity contribution in [2.45, 2.75) is 19.3 Å². The van der Waals surface area contributed by atoms with E-state index in [-0.39, 0.29) is 6.29 Å². The van der Waals surface area contributed by atoms with Crippen LogP contribution in [0, 0.1) is 0 Å². The van der Waals surface area contributed by atoms with Crippen molar-refractivity contribution >= 4 is 0 Å². The highest BCUT2D eigenvalue weighted by molar-refractivity contribution is 5.22. The summed E-state index contributed by atoms with van der Waals surface area (Å²) in [7, 11) is 3.25. The van der Waals surface area contributed by atoms with Crippen LogP contribution in [0.4, 0.5) is 0 Å². The van der Waals surface area contributed by atoms with Crippen LogP contribution in [-0.2, 0) is 22.4 Å². The number of benzene rings is 1. The summed E-state index contributed by atoms with van der Waals surface area (Å²) in [6.07, 6.45) is 0.520. The first-order valence-corrected chi connectivity index (χ1v) is 4.80. The molecule has 1 aromatic carbocycles. The number of nitrogens with one attached hydrogen (secondary N) is 1. The highest BCUT2D eigenvalue weighted by Gasteiger charge is 2.05. The number of methoxy groups -OCH3 is 2. The molecule has 0 radical (unpaired) electrons. The Labute approximate surface area is 89.8 Å². The molecule has 0 aromatic heterocycles. The van der Waals surface area contributed by atoms with E-state index in [9.17, 15) is 0 Å². The number of hydrogen-bond donors (Lipinski definition) is 2. The molecule has 0 saturated carbocycles. The van der Waals surface area contributed by atoms with Crippen LogP contribution in [-0.4, -0.2) is 25.7 Å². The van der Waals surface area contributed by atoms with Gasteiger partial charge in [0, 0.05) is 27.2 Å². The topological polar surface area (TPSA) is 50.7 Å². The summed E-state index contributed by atoms with van der Waals surface area (Å²) in [6.45, 7) is 0.457. The fourth-order valence-corrected chi connectivity index (χ4v) is 1.34. The lowest BCUT2D eigenvalue weighted by atomic mass is 10.1. The van der Waals surface area contributed by atoms with Crippen LogP contribution in [0.3, 0.4) is 0 Å². The molecule has 0 aliphatic rings. The lowest BCUT2D eigenvalue weighted by Gasteiger charge is -2.13. The molecule has 0 atom stereocenters. The quantitative estimate of drug-likeness (QED) is 0.550. The zero-order valence-electron chi connectivity index (χ0n) is 9.06. The molecular weight excluding hydrogens is 194 g/mol. The van der Waals surface area contributed by atoms with Gasteiger partial charge in [0.25, 0.3) is 0 Å². The van der Waals surface area contributed by atoms with Crippen molar-refractivity contribution in [3.63, 3.8) is 0 Å². The molecule has 1 aromatic rings. The van der Waals surface area contributed by atoms with Crippen molar-refractivity contribution in [3.05, 3.63) is 35.4 Å². The summed E-state index contributed by atoms with van der Waals surface area (Å²) in [6, 6.07) is 7.91. The molecule has 0 aliphatic carbocycles. The van der Waals surface area contributed by atoms with Crippen LogP contribution in [0.15, 0.2) is 24.3 Å². The Balaban J connectivity index is 2.55. The second kappa shape index (κ2) is 6.53. The molecule has 0 aliphatic heterocycles. The minimum absolute atomic E-state index is 0.202. The van der Waals surface area contributed by atoms with Gasteiger partial charge in [-0.2, -0.15) is 0 Å². The standard InChI is InChI=1S/C11H17NO3/c1-14-11(15-2)7-9-3-5-10(6-4-9)8-12-13/h3-6,11-13H,7-8H2,1-2H3. The number of hydroxylamine groups is 1. The molecule has 0 saturated heterocycles. The Bertz CT molecular complexity index is 270. The van der Waals surface area contributed by atoms with Gasteiger partial charge in [0.1, 0.15) is 0 Å². The van der Waals surface area contributed by atoms with Gasteiger partial charge in [-0.1, -0.05) is 24.3 Å². The Hall–Kier alpha value is -0.940. The van der Waals surface area contributed by atoms with E-state index < -0.39 is 0 Å². The van der Waals surface area contributed by atoms with E-state index in [0.29, 0.717) is 6.54 Å². The molecule has 1 rings (SSSR count). The summed E-state index contributed by atoms with van der Waals surface area (Å²) < 4.78 is 10.2. The van der Waals surface area contributed by atoms with Crippen molar-refractivity contribution in [1.82, 2.24) is 5.48 Å². The van der Waals surface area contributed by atoms with Crippen molar-refractivity contribution in [3.8, 4) is 0 Å². The molecule has 0 amide bonds. The van der Waals surface area contributed by atoms with Gasteiger partial charge < -0.3 is 14.7 Å². The lowest BCUT2D eigenvalue weighted by Crippen LogP contribution is -2.16. The Morgan fingerprint density at radius 2 is 1.67 bits per heavy atom. The zero-order valence-corrected chi connectivity index (χ0v) is 9.06. The summed E-state index contributed by atoms with van der Waals surface area (Å²) >= 11 is 0. The van der Waals surface area contributed by atoms with E-state index in [2.05, 4.69) is 5.48 Å². The van der Waals surface area contributed by atoms with Gasteiger partial charge in [-0.3, -0.25) is 0 Å². The van der Waals surface area contributed by atoms with E-state index in [0.717, 1.165) is 17.5 Å². The SMILES string of the molecule is COC(Cc1ccc(CNO)cc1)OC. The summed E-state index contributed by atoms with van der Waals surface area (Å²) in [5.41, 5.74) is 4.30. The zero-order chi connectivity index (χ0) is 11.1. The first-order chi connectivity index (χ1) is 7.30. The largest absolute Gasteiger partial charge is 0.356 e. The maximum atomic E-state index is 8.52. The maximum absolute atomic E-state index is 8.52. The highest BCUT2D eigenvalue weighted by atomic mass is 16.7. The predicted molar refractivity (Wildman–Crippen MR) is 56.6 cm³/mol. The minimum Gasteiger partial charge on any atom is -0.356 e. The van der Waals surface area contributed by atoms with E-state index in [1.54, 1.807) is 14.2 Å². The molecule has 0 spiro atoms. The van der Waals surface area contributed by atoms with Crippen molar-refractivity contribution < 1.29 is 14.7 Å². The average molecular weight is 211 g/mol. The van der Waals surface area contributed by atoms with Crippen LogP contribution < -0.4 is 5.48 Å². The number of ether oxygens (including phenoxy) is 2. The van der Waals surface area contributed by atoms with Crippen LogP contribution in [0.5, 0.6) is 0 Å². The molecule has 84 valence electrons. The Kier molecular flexibility index (Phi) is 5.28. The molecular formula is C11H17NO3. The third-order valence-corrected chi connectivity index (χ3v) is 2.23. The first kappa shape index (κ1) is 12.1. The fourth-order valence-electron chi connectivity index (χ4n) is 1.34. The van der Waals surface area contributed by atoms with E-state index >= 15 is 0 Å². The molecule has 15 heavy (non-hydrogen) atoms. The average Bonchev–Trinajstić information content (AvgIpc) is 2.28. The van der Waals surface area contributed by atoms with Crippen LogP contribution >= 0.6 is 0 Å². The van der Waals surface area contributed by atoms with Gasteiger partial charge >= 0.3 is 0 Å². The Morgan fingerprint density at radius 3 is 2.13 bits per heavy atom. The molecule has 0 bridgehead atoms. The van der Waals surface area contributed by atoms with E-state index in [1.165, 1.54) is 0 Å². The third kappa shape index (κ3) is 3.97. The molecule has 0 unspecified atom stereocenters. The van der Waals surface area contributed by atoms with Gasteiger partial charge in [-0.05, 0) is 11.1 Å².